The van der Waals surface area contributed by atoms with Crippen LogP contribution in [-0.2, 0) is 11.8 Å². The predicted octanol–water partition coefficient (Wildman–Crippen LogP) is 2.89. The second kappa shape index (κ2) is 8.42. The van der Waals surface area contributed by atoms with Crippen LogP contribution in [0.2, 0.25) is 0 Å². The Labute approximate surface area is 202 Å². The highest BCUT2D eigenvalue weighted by molar-refractivity contribution is 5.89. The van der Waals surface area contributed by atoms with Crippen LogP contribution < -0.4 is 15.0 Å². The fourth-order valence-corrected chi connectivity index (χ4v) is 5.05. The molecule has 2 aliphatic rings. The monoisotopic (exact) mass is 473 g/mol. The fourth-order valence-electron chi connectivity index (χ4n) is 5.05. The first kappa shape index (κ1) is 21.7. The molecule has 0 amide bonds. The Morgan fingerprint density at radius 2 is 2.09 bits per heavy atom. The van der Waals surface area contributed by atoms with Gasteiger partial charge in [-0.15, -0.1) is 5.10 Å². The van der Waals surface area contributed by atoms with Crippen LogP contribution in [0.5, 0.6) is 5.75 Å². The van der Waals surface area contributed by atoms with Gasteiger partial charge in [0, 0.05) is 55.0 Å². The summed E-state index contributed by atoms with van der Waals surface area (Å²) in [5.41, 5.74) is 3.62. The van der Waals surface area contributed by atoms with E-state index in [-0.39, 0.29) is 5.41 Å². The Bertz CT molecular complexity index is 1400. The van der Waals surface area contributed by atoms with Crippen molar-refractivity contribution < 1.29 is 9.47 Å². The predicted molar refractivity (Wildman–Crippen MR) is 131 cm³/mol. The number of tetrazole rings is 1. The third-order valence-corrected chi connectivity index (χ3v) is 6.92. The van der Waals surface area contributed by atoms with Gasteiger partial charge in [0.1, 0.15) is 11.3 Å². The van der Waals surface area contributed by atoms with E-state index in [4.69, 9.17) is 19.4 Å². The molecule has 1 spiro atoms. The van der Waals surface area contributed by atoms with Crippen molar-refractivity contribution in [3.8, 4) is 17.1 Å². The van der Waals surface area contributed by atoms with E-state index < -0.39 is 0 Å². The van der Waals surface area contributed by atoms with Crippen molar-refractivity contribution in [2.24, 2.45) is 12.5 Å². The average molecular weight is 474 g/mol. The number of aryl methyl sites for hydroxylation is 2. The minimum absolute atomic E-state index is 0.235. The van der Waals surface area contributed by atoms with Crippen molar-refractivity contribution in [1.82, 2.24) is 35.2 Å². The van der Waals surface area contributed by atoms with Crippen LogP contribution in [0.15, 0.2) is 30.5 Å². The van der Waals surface area contributed by atoms with Crippen LogP contribution in [0.4, 0.5) is 17.5 Å². The van der Waals surface area contributed by atoms with E-state index in [0.29, 0.717) is 17.5 Å². The van der Waals surface area contributed by atoms with Crippen molar-refractivity contribution in [2.75, 3.05) is 43.6 Å². The number of pyridine rings is 1. The molecule has 0 saturated carbocycles. The van der Waals surface area contributed by atoms with Crippen molar-refractivity contribution in [3.63, 3.8) is 0 Å². The summed E-state index contributed by atoms with van der Waals surface area (Å²) < 4.78 is 13.0. The lowest BCUT2D eigenvalue weighted by Crippen LogP contribution is -2.28. The van der Waals surface area contributed by atoms with E-state index in [1.807, 2.05) is 37.4 Å². The topological polar surface area (TPSA) is 116 Å². The van der Waals surface area contributed by atoms with Gasteiger partial charge in [-0.05, 0) is 54.5 Å². The summed E-state index contributed by atoms with van der Waals surface area (Å²) in [5.74, 6) is 2.68. The van der Waals surface area contributed by atoms with E-state index in [2.05, 4.69) is 30.7 Å². The third-order valence-electron chi connectivity index (χ3n) is 6.92. The Morgan fingerprint density at radius 3 is 2.86 bits per heavy atom. The van der Waals surface area contributed by atoms with Gasteiger partial charge >= 0.3 is 0 Å². The highest BCUT2D eigenvalue weighted by Crippen LogP contribution is 2.41. The SMILES string of the molecule is COc1cc(-c2nnnn2C)ccc1Nc1ncc2cc(C)nc(N3CCC4(CCOC4)C3)c2n1. The normalized spacial score (nSPS) is 19.7. The zero-order valence-electron chi connectivity index (χ0n) is 20.0. The molecule has 11 heteroatoms. The number of aromatic nitrogens is 7. The molecule has 0 bridgehead atoms. The lowest BCUT2D eigenvalue weighted by atomic mass is 9.87. The molecule has 1 N–H and O–H groups in total. The maximum atomic E-state index is 5.72. The number of anilines is 3. The Morgan fingerprint density at radius 1 is 1.17 bits per heavy atom. The maximum absolute atomic E-state index is 5.72. The molecular weight excluding hydrogens is 446 g/mol. The van der Waals surface area contributed by atoms with E-state index in [0.717, 1.165) is 72.8 Å². The van der Waals surface area contributed by atoms with Gasteiger partial charge in [-0.3, -0.25) is 0 Å². The summed E-state index contributed by atoms with van der Waals surface area (Å²) in [4.78, 5) is 16.7. The molecule has 3 aromatic heterocycles. The van der Waals surface area contributed by atoms with Crippen LogP contribution in [0.3, 0.4) is 0 Å². The molecule has 0 aliphatic carbocycles. The molecule has 2 saturated heterocycles. The zero-order valence-corrected chi connectivity index (χ0v) is 20.0. The van der Waals surface area contributed by atoms with Gasteiger partial charge in [-0.2, -0.15) is 0 Å². The largest absolute Gasteiger partial charge is 0.495 e. The highest BCUT2D eigenvalue weighted by Gasteiger charge is 2.42. The lowest BCUT2D eigenvalue weighted by molar-refractivity contribution is 0.160. The first-order chi connectivity index (χ1) is 17.0. The molecule has 180 valence electrons. The summed E-state index contributed by atoms with van der Waals surface area (Å²) in [6, 6.07) is 7.76. The maximum Gasteiger partial charge on any atom is 0.227 e. The number of nitrogens with zero attached hydrogens (tertiary/aromatic N) is 8. The number of hydrogen-bond acceptors (Lipinski definition) is 10. The van der Waals surface area contributed by atoms with Crippen molar-refractivity contribution in [2.45, 2.75) is 19.8 Å². The minimum atomic E-state index is 0.235. The summed E-state index contributed by atoms with van der Waals surface area (Å²) in [6.45, 7) is 5.58. The number of hydrogen-bond donors (Lipinski definition) is 1. The second-order valence-electron chi connectivity index (χ2n) is 9.36. The van der Waals surface area contributed by atoms with Gasteiger partial charge in [0.15, 0.2) is 11.6 Å². The number of nitrogens with one attached hydrogen (secondary N) is 1. The molecule has 6 rings (SSSR count). The molecule has 35 heavy (non-hydrogen) atoms. The van der Waals surface area contributed by atoms with Crippen molar-refractivity contribution in [1.29, 1.82) is 0 Å². The zero-order chi connectivity index (χ0) is 24.0. The van der Waals surface area contributed by atoms with Gasteiger partial charge < -0.3 is 19.7 Å². The van der Waals surface area contributed by atoms with Crippen molar-refractivity contribution >= 4 is 28.4 Å². The average Bonchev–Trinajstić information content (AvgIpc) is 3.61. The number of rotatable bonds is 5. The van der Waals surface area contributed by atoms with Crippen LogP contribution in [0, 0.1) is 12.3 Å². The van der Waals surface area contributed by atoms with E-state index >= 15 is 0 Å². The summed E-state index contributed by atoms with van der Waals surface area (Å²) in [5, 5.41) is 16.0. The summed E-state index contributed by atoms with van der Waals surface area (Å²) >= 11 is 0. The van der Waals surface area contributed by atoms with Crippen LogP contribution in [0.1, 0.15) is 18.5 Å². The van der Waals surface area contributed by atoms with Crippen LogP contribution in [0.25, 0.3) is 22.3 Å². The van der Waals surface area contributed by atoms with E-state index in [1.165, 1.54) is 0 Å². The van der Waals surface area contributed by atoms with Gasteiger partial charge in [0.2, 0.25) is 5.95 Å². The summed E-state index contributed by atoms with van der Waals surface area (Å²) in [7, 11) is 3.42. The molecular formula is C24H27N9O2. The highest BCUT2D eigenvalue weighted by atomic mass is 16.5. The van der Waals surface area contributed by atoms with E-state index in [1.54, 1.807) is 18.8 Å². The number of methoxy groups -OCH3 is 1. The van der Waals surface area contributed by atoms with Gasteiger partial charge in [0.05, 0.1) is 19.4 Å². The number of benzene rings is 1. The first-order valence-electron chi connectivity index (χ1n) is 11.7. The molecule has 11 nitrogen and oxygen atoms in total. The Balaban J connectivity index is 1.33. The lowest BCUT2D eigenvalue weighted by Gasteiger charge is -2.23. The molecule has 1 atom stereocenters. The molecule has 2 fully saturated rings. The quantitative estimate of drug-likeness (QED) is 0.464. The minimum Gasteiger partial charge on any atom is -0.495 e. The first-order valence-corrected chi connectivity index (χ1v) is 11.7. The van der Waals surface area contributed by atoms with Crippen LogP contribution in [-0.4, -0.2) is 68.6 Å². The standard InChI is InChI=1S/C24H27N9O2/c1-15-10-17-12-25-23(27-18-5-4-16(11-19(18)34-3)21-29-30-31-32(21)2)28-20(17)22(26-15)33-8-6-24(13-33)7-9-35-14-24/h4-5,10-12H,6-9,13-14H2,1-3H3,(H,25,27,28). The molecule has 1 unspecified atom stereocenters. The van der Waals surface area contributed by atoms with Crippen molar-refractivity contribution in [3.05, 3.63) is 36.2 Å². The Hall–Kier alpha value is -3.86. The molecule has 5 heterocycles. The molecule has 2 aliphatic heterocycles. The van der Waals surface area contributed by atoms with Gasteiger partial charge in [-0.1, -0.05) is 0 Å². The Kier molecular flexibility index (Phi) is 5.21. The third kappa shape index (κ3) is 3.91. The number of fused-ring (bicyclic) bond motifs is 1. The molecule has 0 radical (unpaired) electrons. The number of ether oxygens (including phenoxy) is 2. The molecule has 1 aromatic carbocycles. The van der Waals surface area contributed by atoms with Crippen LogP contribution >= 0.6 is 0 Å². The second-order valence-corrected chi connectivity index (χ2v) is 9.36. The van der Waals surface area contributed by atoms with Gasteiger partial charge in [0.25, 0.3) is 0 Å². The van der Waals surface area contributed by atoms with Gasteiger partial charge in [-0.25, -0.2) is 19.6 Å². The summed E-state index contributed by atoms with van der Waals surface area (Å²) in [6.07, 6.45) is 4.07. The fraction of sp³-hybridized carbons (Fsp3) is 0.417. The molecule has 4 aromatic rings. The van der Waals surface area contributed by atoms with E-state index in [9.17, 15) is 0 Å². The smallest absolute Gasteiger partial charge is 0.227 e.